The van der Waals surface area contributed by atoms with Crippen LogP contribution in [0.15, 0.2) is 57.9 Å². The first-order valence-electron chi connectivity index (χ1n) is 11.3. The van der Waals surface area contributed by atoms with E-state index in [1.54, 1.807) is 27.9 Å². The Morgan fingerprint density at radius 1 is 1.06 bits per heavy atom. The Bertz CT molecular complexity index is 1310. The summed E-state index contributed by atoms with van der Waals surface area (Å²) in [6.45, 7) is 5.42. The highest BCUT2D eigenvalue weighted by atomic mass is 32.2. The second kappa shape index (κ2) is 10.8. The van der Waals surface area contributed by atoms with Crippen LogP contribution in [-0.4, -0.2) is 62.0 Å². The predicted molar refractivity (Wildman–Crippen MR) is 138 cm³/mol. The molecule has 2 aromatic rings. The first kappa shape index (κ1) is 26.7. The van der Waals surface area contributed by atoms with E-state index in [4.69, 9.17) is 0 Å². The molecular weight excluding hydrogens is 484 g/mol. The maximum atomic E-state index is 13.1. The normalized spacial score (nSPS) is 17.2. The molecule has 3 rings (SSSR count). The molecule has 1 aliphatic heterocycles. The molecule has 192 valence electrons. The number of amidine groups is 2. The second-order valence-corrected chi connectivity index (χ2v) is 10.2. The van der Waals surface area contributed by atoms with Crippen LogP contribution in [0.5, 0.6) is 5.75 Å². The van der Waals surface area contributed by atoms with Crippen LogP contribution in [0, 0.1) is 5.92 Å². The van der Waals surface area contributed by atoms with E-state index in [0.29, 0.717) is 0 Å². The van der Waals surface area contributed by atoms with Crippen molar-refractivity contribution in [3.63, 3.8) is 0 Å². The van der Waals surface area contributed by atoms with Gasteiger partial charge >= 0.3 is 10.2 Å². The SMILES string of the molecule is CC(C)[C@@H](N=C1NS(=O)(=O)N=C1Nc1cccc(C(=O)N(C)C)c1O)C(=O)N[C@H](C)c1ccccc1. The van der Waals surface area contributed by atoms with Gasteiger partial charge in [-0.1, -0.05) is 50.2 Å². The summed E-state index contributed by atoms with van der Waals surface area (Å²) in [7, 11) is -1.04. The molecule has 11 nitrogen and oxygen atoms in total. The average molecular weight is 515 g/mol. The monoisotopic (exact) mass is 514 g/mol. The third kappa shape index (κ3) is 6.19. The third-order valence-electron chi connectivity index (χ3n) is 5.41. The number of nitrogens with zero attached hydrogens (tertiary/aromatic N) is 3. The fourth-order valence-corrected chi connectivity index (χ4v) is 4.30. The lowest BCUT2D eigenvalue weighted by atomic mass is 10.0. The Balaban J connectivity index is 1.89. The number of phenolic OH excluding ortho intramolecular Hbond substituents is 1. The van der Waals surface area contributed by atoms with Gasteiger partial charge in [-0.15, -0.1) is 4.40 Å². The van der Waals surface area contributed by atoms with Crippen molar-refractivity contribution in [2.24, 2.45) is 15.3 Å². The molecule has 0 unspecified atom stereocenters. The van der Waals surface area contributed by atoms with Crippen molar-refractivity contribution in [3.05, 3.63) is 59.7 Å². The number of hydrogen-bond donors (Lipinski definition) is 4. The van der Waals surface area contributed by atoms with E-state index < -0.39 is 22.2 Å². The zero-order valence-electron chi connectivity index (χ0n) is 20.7. The Hall–Kier alpha value is -3.93. The average Bonchev–Trinajstić information content (AvgIpc) is 3.11. The maximum Gasteiger partial charge on any atom is 0.345 e. The molecule has 36 heavy (non-hydrogen) atoms. The maximum absolute atomic E-state index is 13.1. The molecule has 1 heterocycles. The van der Waals surface area contributed by atoms with Gasteiger partial charge in [0.15, 0.2) is 17.4 Å². The molecule has 2 aromatic carbocycles. The van der Waals surface area contributed by atoms with E-state index in [-0.39, 0.29) is 46.5 Å². The molecule has 0 radical (unpaired) electrons. The summed E-state index contributed by atoms with van der Waals surface area (Å²) < 4.78 is 30.3. The number of anilines is 1. The van der Waals surface area contributed by atoms with Gasteiger partial charge in [0.2, 0.25) is 5.91 Å². The second-order valence-electron chi connectivity index (χ2n) is 8.85. The lowest BCUT2D eigenvalue weighted by Crippen LogP contribution is -2.41. The predicted octanol–water partition coefficient (Wildman–Crippen LogP) is 2.05. The van der Waals surface area contributed by atoms with Crippen LogP contribution in [0.3, 0.4) is 0 Å². The Morgan fingerprint density at radius 2 is 1.72 bits per heavy atom. The fraction of sp³-hybridized carbons (Fsp3) is 0.333. The van der Waals surface area contributed by atoms with Gasteiger partial charge in [0.05, 0.1) is 17.3 Å². The molecule has 0 bridgehead atoms. The molecule has 0 aromatic heterocycles. The minimum atomic E-state index is -4.12. The summed E-state index contributed by atoms with van der Waals surface area (Å²) in [6.07, 6.45) is 0. The smallest absolute Gasteiger partial charge is 0.345 e. The third-order valence-corrected chi connectivity index (χ3v) is 6.29. The summed E-state index contributed by atoms with van der Waals surface area (Å²) in [5.74, 6) is -1.87. The van der Waals surface area contributed by atoms with E-state index in [9.17, 15) is 23.1 Å². The van der Waals surface area contributed by atoms with Crippen LogP contribution in [0.2, 0.25) is 0 Å². The number of para-hydroxylation sites is 1. The molecule has 0 spiro atoms. The highest BCUT2D eigenvalue weighted by Gasteiger charge is 2.31. The molecule has 0 fully saturated rings. The summed E-state index contributed by atoms with van der Waals surface area (Å²) in [5, 5.41) is 16.2. The van der Waals surface area contributed by atoms with Crippen LogP contribution in [-0.2, 0) is 15.0 Å². The highest BCUT2D eigenvalue weighted by molar-refractivity contribution is 7.89. The number of hydrogen-bond acceptors (Lipinski definition) is 7. The van der Waals surface area contributed by atoms with Crippen molar-refractivity contribution in [2.75, 3.05) is 19.4 Å². The quantitative estimate of drug-likeness (QED) is 0.415. The highest BCUT2D eigenvalue weighted by Crippen LogP contribution is 2.29. The topological polar surface area (TPSA) is 153 Å². The van der Waals surface area contributed by atoms with Crippen molar-refractivity contribution in [1.29, 1.82) is 0 Å². The van der Waals surface area contributed by atoms with Gasteiger partial charge in [0, 0.05) is 14.1 Å². The van der Waals surface area contributed by atoms with Crippen LogP contribution in [0.1, 0.15) is 42.7 Å². The zero-order valence-corrected chi connectivity index (χ0v) is 21.5. The van der Waals surface area contributed by atoms with Crippen LogP contribution < -0.4 is 15.4 Å². The lowest BCUT2D eigenvalue weighted by molar-refractivity contribution is -0.123. The first-order valence-corrected chi connectivity index (χ1v) is 12.7. The minimum absolute atomic E-state index is 0.0206. The summed E-state index contributed by atoms with van der Waals surface area (Å²) in [6, 6.07) is 12.6. The standard InChI is InChI=1S/C24H30N6O5S/c1-14(2)19(23(32)25-15(3)16-10-7-6-8-11-16)27-22-21(28-36(34,35)29-22)26-18-13-9-12-17(20(18)31)24(33)30(4)5/h6-15,19,31H,1-5H3,(H,25,32)(H,26,28)(H,27,29)/t15-,19-/m1/s1. The van der Waals surface area contributed by atoms with Crippen molar-refractivity contribution < 1.29 is 23.1 Å². The Morgan fingerprint density at radius 3 is 2.33 bits per heavy atom. The molecule has 2 amide bonds. The number of rotatable bonds is 7. The summed E-state index contributed by atoms with van der Waals surface area (Å²) in [4.78, 5) is 31.1. The molecule has 2 atom stereocenters. The van der Waals surface area contributed by atoms with E-state index in [1.165, 1.54) is 23.1 Å². The first-order chi connectivity index (χ1) is 16.9. The largest absolute Gasteiger partial charge is 0.505 e. The van der Waals surface area contributed by atoms with Crippen molar-refractivity contribution in [1.82, 2.24) is 14.9 Å². The molecule has 0 saturated heterocycles. The van der Waals surface area contributed by atoms with E-state index in [0.717, 1.165) is 5.56 Å². The Labute approximate surface area is 210 Å². The van der Waals surface area contributed by atoms with Gasteiger partial charge in [0.25, 0.3) is 5.91 Å². The summed E-state index contributed by atoms with van der Waals surface area (Å²) >= 11 is 0. The lowest BCUT2D eigenvalue weighted by Gasteiger charge is -2.21. The molecule has 4 N–H and O–H groups in total. The van der Waals surface area contributed by atoms with Crippen molar-refractivity contribution >= 4 is 39.4 Å². The molecule has 12 heteroatoms. The number of aliphatic imine (C=N–C) groups is 1. The molecular formula is C24H30N6O5S. The molecule has 0 saturated carbocycles. The van der Waals surface area contributed by atoms with Gasteiger partial charge in [-0.05, 0) is 30.5 Å². The Kier molecular flexibility index (Phi) is 7.98. The number of benzene rings is 2. The number of carbonyl (C=O) groups is 2. The van der Waals surface area contributed by atoms with Crippen LogP contribution in [0.25, 0.3) is 0 Å². The number of nitrogens with one attached hydrogen (secondary N) is 3. The molecule has 0 aliphatic carbocycles. The van der Waals surface area contributed by atoms with Gasteiger partial charge in [-0.2, -0.15) is 8.42 Å². The van der Waals surface area contributed by atoms with E-state index in [1.807, 2.05) is 37.3 Å². The minimum Gasteiger partial charge on any atom is -0.505 e. The number of phenols is 1. The zero-order chi connectivity index (χ0) is 26.6. The molecule has 1 aliphatic rings. The van der Waals surface area contributed by atoms with Gasteiger partial charge in [0.1, 0.15) is 6.04 Å². The van der Waals surface area contributed by atoms with Gasteiger partial charge < -0.3 is 20.6 Å². The van der Waals surface area contributed by atoms with Crippen molar-refractivity contribution in [2.45, 2.75) is 32.9 Å². The van der Waals surface area contributed by atoms with E-state index in [2.05, 4.69) is 24.7 Å². The van der Waals surface area contributed by atoms with Crippen molar-refractivity contribution in [3.8, 4) is 5.75 Å². The van der Waals surface area contributed by atoms with Crippen LogP contribution in [0.4, 0.5) is 5.69 Å². The number of carbonyl (C=O) groups excluding carboxylic acids is 2. The number of aromatic hydroxyl groups is 1. The summed E-state index contributed by atoms with van der Waals surface area (Å²) in [5.41, 5.74) is 0.984. The fourth-order valence-electron chi connectivity index (χ4n) is 3.49. The number of amides is 2. The van der Waals surface area contributed by atoms with Crippen LogP contribution >= 0.6 is 0 Å². The van der Waals surface area contributed by atoms with Gasteiger partial charge in [-0.25, -0.2) is 4.72 Å². The van der Waals surface area contributed by atoms with Gasteiger partial charge in [-0.3, -0.25) is 14.6 Å². The van der Waals surface area contributed by atoms with E-state index >= 15 is 0 Å².